The van der Waals surface area contributed by atoms with Crippen molar-refractivity contribution >= 4 is 16.7 Å². The van der Waals surface area contributed by atoms with E-state index in [9.17, 15) is 14.9 Å². The fourth-order valence-corrected chi connectivity index (χ4v) is 2.30. The second-order valence-corrected chi connectivity index (χ2v) is 4.52. The van der Waals surface area contributed by atoms with Gasteiger partial charge in [0.25, 0.3) is 5.69 Å². The monoisotopic (exact) mass is 263 g/mol. The molecular formula is C13H17N3O3. The molecule has 0 saturated heterocycles. The number of aryl methyl sites for hydroxylation is 2. The van der Waals surface area contributed by atoms with Crippen molar-refractivity contribution < 1.29 is 4.92 Å². The lowest BCUT2D eigenvalue weighted by Crippen LogP contribution is -2.24. The number of hydrogen-bond donors (Lipinski definition) is 0. The lowest BCUT2D eigenvalue weighted by Gasteiger charge is -1.99. The molecule has 0 aliphatic carbocycles. The summed E-state index contributed by atoms with van der Waals surface area (Å²) in [6.45, 7) is 5.19. The third-order valence-electron chi connectivity index (χ3n) is 3.11. The molecule has 0 amide bonds. The topological polar surface area (TPSA) is 70.1 Å². The fourth-order valence-electron chi connectivity index (χ4n) is 2.30. The molecule has 6 heteroatoms. The van der Waals surface area contributed by atoms with E-state index in [0.717, 1.165) is 18.4 Å². The lowest BCUT2D eigenvalue weighted by molar-refractivity contribution is -0.384. The minimum absolute atomic E-state index is 0.0194. The average Bonchev–Trinajstić information content (AvgIpc) is 2.64. The molecule has 0 bridgehead atoms. The van der Waals surface area contributed by atoms with Crippen LogP contribution in [0.25, 0.3) is 11.0 Å². The van der Waals surface area contributed by atoms with Crippen LogP contribution in [-0.2, 0) is 13.1 Å². The van der Waals surface area contributed by atoms with Crippen LogP contribution >= 0.6 is 0 Å². The van der Waals surface area contributed by atoms with Crippen LogP contribution in [0.15, 0.2) is 23.0 Å². The summed E-state index contributed by atoms with van der Waals surface area (Å²) >= 11 is 0. The number of nitrogens with zero attached hydrogens (tertiary/aromatic N) is 3. The van der Waals surface area contributed by atoms with Gasteiger partial charge >= 0.3 is 5.69 Å². The van der Waals surface area contributed by atoms with Gasteiger partial charge in [-0.3, -0.25) is 19.2 Å². The molecule has 0 saturated carbocycles. The van der Waals surface area contributed by atoms with Crippen LogP contribution in [-0.4, -0.2) is 14.1 Å². The van der Waals surface area contributed by atoms with Gasteiger partial charge in [0.05, 0.1) is 16.0 Å². The molecule has 2 rings (SSSR count). The zero-order valence-corrected chi connectivity index (χ0v) is 11.1. The molecule has 19 heavy (non-hydrogen) atoms. The van der Waals surface area contributed by atoms with Crippen molar-refractivity contribution in [2.75, 3.05) is 0 Å². The lowest BCUT2D eigenvalue weighted by atomic mass is 10.2. The van der Waals surface area contributed by atoms with Crippen LogP contribution < -0.4 is 5.69 Å². The van der Waals surface area contributed by atoms with Crippen LogP contribution in [0, 0.1) is 10.1 Å². The first kappa shape index (κ1) is 13.3. The summed E-state index contributed by atoms with van der Waals surface area (Å²) in [6.07, 6.45) is 1.66. The zero-order chi connectivity index (χ0) is 14.0. The molecule has 6 nitrogen and oxygen atoms in total. The van der Waals surface area contributed by atoms with Gasteiger partial charge in [0.15, 0.2) is 0 Å². The molecule has 0 spiro atoms. The van der Waals surface area contributed by atoms with Gasteiger partial charge in [-0.15, -0.1) is 0 Å². The first-order chi connectivity index (χ1) is 9.10. The van der Waals surface area contributed by atoms with Gasteiger partial charge < -0.3 is 0 Å². The smallest absolute Gasteiger partial charge is 0.292 e. The largest absolute Gasteiger partial charge is 0.329 e. The molecule has 0 N–H and O–H groups in total. The number of aromatic nitrogens is 2. The van der Waals surface area contributed by atoms with E-state index in [1.807, 2.05) is 13.8 Å². The highest BCUT2D eigenvalue weighted by Gasteiger charge is 2.15. The Morgan fingerprint density at radius 3 is 2.21 bits per heavy atom. The van der Waals surface area contributed by atoms with E-state index in [4.69, 9.17) is 0 Å². The highest BCUT2D eigenvalue weighted by atomic mass is 16.6. The van der Waals surface area contributed by atoms with Crippen molar-refractivity contribution in [3.63, 3.8) is 0 Å². The molecule has 0 unspecified atom stereocenters. The highest BCUT2D eigenvalue weighted by Crippen LogP contribution is 2.20. The van der Waals surface area contributed by atoms with Gasteiger partial charge in [-0.05, 0) is 18.9 Å². The maximum absolute atomic E-state index is 12.3. The Morgan fingerprint density at radius 1 is 1.11 bits per heavy atom. The summed E-state index contributed by atoms with van der Waals surface area (Å²) in [6, 6.07) is 4.60. The Kier molecular flexibility index (Phi) is 3.69. The third kappa shape index (κ3) is 2.25. The summed E-state index contributed by atoms with van der Waals surface area (Å²) in [5.41, 5.74) is 1.35. The van der Waals surface area contributed by atoms with E-state index in [1.54, 1.807) is 15.2 Å². The number of rotatable bonds is 5. The Morgan fingerprint density at radius 2 is 1.68 bits per heavy atom. The van der Waals surface area contributed by atoms with Crippen molar-refractivity contribution in [3.8, 4) is 0 Å². The molecule has 102 valence electrons. The maximum atomic E-state index is 12.3. The molecule has 1 heterocycles. The van der Waals surface area contributed by atoms with Gasteiger partial charge in [-0.2, -0.15) is 0 Å². The van der Waals surface area contributed by atoms with E-state index in [1.165, 1.54) is 12.1 Å². The molecule has 0 aliphatic heterocycles. The average molecular weight is 263 g/mol. The summed E-state index contributed by atoms with van der Waals surface area (Å²) in [5, 5.41) is 10.8. The molecule has 0 aliphatic rings. The SMILES string of the molecule is CCCn1c(=O)n(CCC)c2cc([N+](=O)[O-])ccc21. The van der Waals surface area contributed by atoms with Gasteiger partial charge in [0, 0.05) is 25.2 Å². The summed E-state index contributed by atoms with van der Waals surface area (Å²) in [4.78, 5) is 22.7. The van der Waals surface area contributed by atoms with E-state index in [-0.39, 0.29) is 11.4 Å². The highest BCUT2D eigenvalue weighted by molar-refractivity contribution is 5.78. The first-order valence-electron chi connectivity index (χ1n) is 6.47. The van der Waals surface area contributed by atoms with Gasteiger partial charge in [-0.1, -0.05) is 13.8 Å². The number of benzene rings is 1. The van der Waals surface area contributed by atoms with Gasteiger partial charge in [0.1, 0.15) is 0 Å². The third-order valence-corrected chi connectivity index (χ3v) is 3.11. The van der Waals surface area contributed by atoms with Crippen molar-refractivity contribution in [1.82, 2.24) is 9.13 Å². The summed E-state index contributed by atoms with van der Waals surface area (Å²) in [5.74, 6) is 0. The molecule has 1 aromatic carbocycles. The quantitative estimate of drug-likeness (QED) is 0.614. The summed E-state index contributed by atoms with van der Waals surface area (Å²) in [7, 11) is 0. The Labute approximate surface area is 110 Å². The minimum atomic E-state index is -0.433. The molecule has 2 aromatic rings. The standard InChI is InChI=1S/C13H17N3O3/c1-3-7-14-11-6-5-10(16(18)19)9-12(11)15(8-4-2)13(14)17/h5-6,9H,3-4,7-8H2,1-2H3. The van der Waals surface area contributed by atoms with Crippen LogP contribution in [0.1, 0.15) is 26.7 Å². The second kappa shape index (κ2) is 5.26. The fraction of sp³-hybridized carbons (Fsp3) is 0.462. The van der Waals surface area contributed by atoms with Crippen molar-refractivity contribution in [2.45, 2.75) is 39.8 Å². The number of non-ortho nitro benzene ring substituents is 1. The van der Waals surface area contributed by atoms with Crippen LogP contribution in [0.5, 0.6) is 0 Å². The molecule has 1 aromatic heterocycles. The number of nitro benzene ring substituents is 1. The normalized spacial score (nSPS) is 11.1. The second-order valence-electron chi connectivity index (χ2n) is 4.52. The van der Waals surface area contributed by atoms with Crippen LogP contribution in [0.2, 0.25) is 0 Å². The van der Waals surface area contributed by atoms with Crippen LogP contribution in [0.4, 0.5) is 5.69 Å². The zero-order valence-electron chi connectivity index (χ0n) is 11.1. The minimum Gasteiger partial charge on any atom is -0.292 e. The first-order valence-corrected chi connectivity index (χ1v) is 6.47. The Bertz CT molecular complexity index is 670. The van der Waals surface area contributed by atoms with Gasteiger partial charge in [0.2, 0.25) is 0 Å². The molecule has 0 atom stereocenters. The van der Waals surface area contributed by atoms with E-state index < -0.39 is 4.92 Å². The molecule has 0 fully saturated rings. The number of hydrogen-bond acceptors (Lipinski definition) is 3. The summed E-state index contributed by atoms with van der Waals surface area (Å²) < 4.78 is 3.31. The van der Waals surface area contributed by atoms with E-state index in [2.05, 4.69) is 0 Å². The van der Waals surface area contributed by atoms with E-state index in [0.29, 0.717) is 18.6 Å². The predicted molar refractivity (Wildman–Crippen MR) is 73.4 cm³/mol. The predicted octanol–water partition coefficient (Wildman–Crippen LogP) is 2.53. The Balaban J connectivity index is 2.74. The Hall–Kier alpha value is -2.11. The van der Waals surface area contributed by atoms with Crippen molar-refractivity contribution in [3.05, 3.63) is 38.8 Å². The molecule has 0 radical (unpaired) electrons. The van der Waals surface area contributed by atoms with Gasteiger partial charge in [-0.25, -0.2) is 4.79 Å². The van der Waals surface area contributed by atoms with E-state index >= 15 is 0 Å². The number of nitro groups is 1. The molecular weight excluding hydrogens is 246 g/mol. The van der Waals surface area contributed by atoms with Crippen LogP contribution in [0.3, 0.4) is 0 Å². The maximum Gasteiger partial charge on any atom is 0.329 e. The van der Waals surface area contributed by atoms with Crippen molar-refractivity contribution in [1.29, 1.82) is 0 Å². The number of fused-ring (bicyclic) bond motifs is 1. The number of imidazole rings is 1. The van der Waals surface area contributed by atoms with Crippen molar-refractivity contribution in [2.24, 2.45) is 0 Å².